The molecule has 2 atom stereocenters. The Morgan fingerprint density at radius 2 is 2.22 bits per heavy atom. The van der Waals surface area contributed by atoms with Crippen LogP contribution in [0, 0.1) is 5.92 Å². The number of aliphatic carboxylic acids is 1. The van der Waals surface area contributed by atoms with Gasteiger partial charge in [-0.3, -0.25) is 9.69 Å². The number of nitrogens with zero attached hydrogens (tertiary/aromatic N) is 4. The largest absolute Gasteiger partial charge is 0.481 e. The predicted octanol–water partition coefficient (Wildman–Crippen LogP) is 0.692. The van der Waals surface area contributed by atoms with E-state index < -0.39 is 5.97 Å². The van der Waals surface area contributed by atoms with Gasteiger partial charge in [-0.1, -0.05) is 0 Å². The maximum atomic E-state index is 11.0. The van der Waals surface area contributed by atoms with Crippen molar-refractivity contribution in [2.75, 3.05) is 13.6 Å². The van der Waals surface area contributed by atoms with Gasteiger partial charge in [0, 0.05) is 13.0 Å². The van der Waals surface area contributed by atoms with E-state index in [9.17, 15) is 4.79 Å². The molecule has 2 aliphatic rings. The van der Waals surface area contributed by atoms with Gasteiger partial charge in [-0.15, -0.1) is 0 Å². The summed E-state index contributed by atoms with van der Waals surface area (Å²) in [5.41, 5.74) is 0. The van der Waals surface area contributed by atoms with E-state index in [2.05, 4.69) is 22.0 Å². The van der Waals surface area contributed by atoms with Crippen LogP contribution in [0.5, 0.6) is 0 Å². The minimum atomic E-state index is -0.719. The highest BCUT2D eigenvalue weighted by Gasteiger charge is 2.31. The lowest BCUT2D eigenvalue weighted by Crippen LogP contribution is -2.26. The van der Waals surface area contributed by atoms with Gasteiger partial charge in [0.25, 0.3) is 0 Å². The van der Waals surface area contributed by atoms with Gasteiger partial charge in [0.2, 0.25) is 0 Å². The van der Waals surface area contributed by atoms with Gasteiger partial charge in [-0.05, 0) is 32.9 Å². The molecule has 3 rings (SSSR count). The van der Waals surface area contributed by atoms with Crippen molar-refractivity contribution in [2.24, 2.45) is 5.92 Å². The van der Waals surface area contributed by atoms with Crippen LogP contribution in [0.25, 0.3) is 0 Å². The molecule has 0 aromatic carbocycles. The number of hydrogen-bond acceptors (Lipinski definition) is 4. The Kier molecular flexibility index (Phi) is 2.81. The minimum Gasteiger partial charge on any atom is -0.481 e. The Bertz CT molecular complexity index is 471. The number of carboxylic acids is 1. The maximum Gasteiger partial charge on any atom is 0.307 e. The second-order valence-corrected chi connectivity index (χ2v) is 5.28. The summed E-state index contributed by atoms with van der Waals surface area (Å²) >= 11 is 0. The maximum absolute atomic E-state index is 11.0. The molecule has 3 heterocycles. The van der Waals surface area contributed by atoms with Gasteiger partial charge < -0.3 is 5.11 Å². The molecule has 6 heteroatoms. The number of likely N-dealkylation sites (tertiary alicyclic amines) is 1. The fourth-order valence-electron chi connectivity index (χ4n) is 2.91. The average molecular weight is 250 g/mol. The number of fused-ring (bicyclic) bond motifs is 1. The molecule has 2 aliphatic heterocycles. The highest BCUT2D eigenvalue weighted by Crippen LogP contribution is 2.29. The first-order valence-electron chi connectivity index (χ1n) is 6.52. The van der Waals surface area contributed by atoms with E-state index in [4.69, 9.17) is 5.11 Å². The third kappa shape index (κ3) is 1.90. The normalized spacial score (nSPS) is 28.3. The number of carboxylic acid groups (broad SMARTS) is 1. The summed E-state index contributed by atoms with van der Waals surface area (Å²) in [6.07, 6.45) is 3.45. The summed E-state index contributed by atoms with van der Waals surface area (Å²) in [4.78, 5) is 17.9. The van der Waals surface area contributed by atoms with Crippen LogP contribution in [0.3, 0.4) is 0 Å². The standard InChI is InChI=1S/C12H18N4O2/c1-15-5-2-3-9(15)11-13-10-7-8(12(17)18)4-6-16(10)14-11/h8-9H,2-7H2,1H3,(H,17,18). The highest BCUT2D eigenvalue weighted by molar-refractivity contribution is 5.70. The smallest absolute Gasteiger partial charge is 0.307 e. The van der Waals surface area contributed by atoms with Crippen LogP contribution in [-0.4, -0.2) is 44.3 Å². The average Bonchev–Trinajstić information content (AvgIpc) is 2.92. The second-order valence-electron chi connectivity index (χ2n) is 5.28. The summed E-state index contributed by atoms with van der Waals surface area (Å²) in [6.45, 7) is 1.77. The van der Waals surface area contributed by atoms with E-state index in [-0.39, 0.29) is 5.92 Å². The van der Waals surface area contributed by atoms with E-state index >= 15 is 0 Å². The molecule has 1 N–H and O–H groups in total. The fraction of sp³-hybridized carbons (Fsp3) is 0.750. The lowest BCUT2D eigenvalue weighted by atomic mass is 9.98. The summed E-state index contributed by atoms with van der Waals surface area (Å²) in [7, 11) is 2.09. The van der Waals surface area contributed by atoms with Crippen molar-refractivity contribution in [3.63, 3.8) is 0 Å². The van der Waals surface area contributed by atoms with Gasteiger partial charge in [-0.2, -0.15) is 5.10 Å². The molecule has 0 amide bonds. The van der Waals surface area contributed by atoms with Crippen LogP contribution in [0.2, 0.25) is 0 Å². The number of hydrogen-bond donors (Lipinski definition) is 1. The SMILES string of the molecule is CN1CCCC1c1nc2n(n1)CCC(C(=O)O)C2. The zero-order valence-corrected chi connectivity index (χ0v) is 10.5. The molecule has 1 fully saturated rings. The lowest BCUT2D eigenvalue weighted by molar-refractivity contribution is -0.142. The molecule has 1 saturated heterocycles. The van der Waals surface area contributed by atoms with Crippen LogP contribution in [-0.2, 0) is 17.8 Å². The predicted molar refractivity (Wildman–Crippen MR) is 64.1 cm³/mol. The first kappa shape index (κ1) is 11.6. The van der Waals surface area contributed by atoms with Gasteiger partial charge >= 0.3 is 5.97 Å². The number of rotatable bonds is 2. The molecule has 2 unspecified atom stereocenters. The monoisotopic (exact) mass is 250 g/mol. The van der Waals surface area contributed by atoms with Crippen molar-refractivity contribution in [2.45, 2.75) is 38.3 Å². The molecule has 1 aromatic heterocycles. The quantitative estimate of drug-likeness (QED) is 0.836. The Morgan fingerprint density at radius 3 is 2.89 bits per heavy atom. The fourth-order valence-corrected chi connectivity index (χ4v) is 2.91. The van der Waals surface area contributed by atoms with E-state index in [1.807, 2.05) is 4.68 Å². The minimum absolute atomic E-state index is 0.296. The Hall–Kier alpha value is -1.43. The van der Waals surface area contributed by atoms with E-state index in [0.29, 0.717) is 25.4 Å². The van der Waals surface area contributed by atoms with Crippen LogP contribution < -0.4 is 0 Å². The molecule has 0 spiro atoms. The van der Waals surface area contributed by atoms with Crippen molar-refractivity contribution >= 4 is 5.97 Å². The van der Waals surface area contributed by atoms with Crippen LogP contribution in [0.1, 0.15) is 37.0 Å². The van der Waals surface area contributed by atoms with Gasteiger partial charge in [0.1, 0.15) is 5.82 Å². The van der Waals surface area contributed by atoms with Crippen molar-refractivity contribution < 1.29 is 9.90 Å². The topological polar surface area (TPSA) is 71.2 Å². The van der Waals surface area contributed by atoms with Gasteiger partial charge in [0.15, 0.2) is 5.82 Å². The summed E-state index contributed by atoms with van der Waals surface area (Å²) in [6, 6.07) is 0.311. The molecule has 0 saturated carbocycles. The van der Waals surface area contributed by atoms with Crippen LogP contribution in [0.15, 0.2) is 0 Å². The molecule has 0 aliphatic carbocycles. The molecule has 18 heavy (non-hydrogen) atoms. The number of aromatic nitrogens is 3. The van der Waals surface area contributed by atoms with Crippen molar-refractivity contribution in [1.82, 2.24) is 19.7 Å². The molecular formula is C12H18N4O2. The molecular weight excluding hydrogens is 232 g/mol. The van der Waals surface area contributed by atoms with E-state index in [0.717, 1.165) is 24.6 Å². The molecule has 6 nitrogen and oxygen atoms in total. The van der Waals surface area contributed by atoms with Gasteiger partial charge in [0.05, 0.1) is 12.0 Å². The van der Waals surface area contributed by atoms with Crippen LogP contribution in [0.4, 0.5) is 0 Å². The zero-order valence-electron chi connectivity index (χ0n) is 10.5. The van der Waals surface area contributed by atoms with E-state index in [1.54, 1.807) is 0 Å². The van der Waals surface area contributed by atoms with Crippen molar-refractivity contribution in [1.29, 1.82) is 0 Å². The van der Waals surface area contributed by atoms with Gasteiger partial charge in [-0.25, -0.2) is 9.67 Å². The van der Waals surface area contributed by atoms with Crippen molar-refractivity contribution in [3.8, 4) is 0 Å². The Labute approximate surface area is 106 Å². The zero-order chi connectivity index (χ0) is 12.7. The highest BCUT2D eigenvalue weighted by atomic mass is 16.4. The first-order valence-corrected chi connectivity index (χ1v) is 6.52. The van der Waals surface area contributed by atoms with Crippen LogP contribution >= 0.6 is 0 Å². The molecule has 0 radical (unpaired) electrons. The summed E-state index contributed by atoms with van der Waals surface area (Å²) in [5.74, 6) is 0.694. The molecule has 98 valence electrons. The summed E-state index contributed by atoms with van der Waals surface area (Å²) in [5, 5.41) is 13.6. The second kappa shape index (κ2) is 4.35. The van der Waals surface area contributed by atoms with E-state index in [1.165, 1.54) is 6.42 Å². The molecule has 0 bridgehead atoms. The Morgan fingerprint density at radius 1 is 1.39 bits per heavy atom. The lowest BCUT2D eigenvalue weighted by Gasteiger charge is -2.17. The first-order chi connectivity index (χ1) is 8.65. The number of carbonyl (C=O) groups is 1. The third-order valence-corrected chi connectivity index (χ3v) is 4.05. The summed E-state index contributed by atoms with van der Waals surface area (Å²) < 4.78 is 1.89. The third-order valence-electron chi connectivity index (χ3n) is 4.05. The molecule has 1 aromatic rings. The number of aryl methyl sites for hydroxylation is 1. The Balaban J connectivity index is 1.82. The van der Waals surface area contributed by atoms with Crippen molar-refractivity contribution in [3.05, 3.63) is 11.6 Å².